The molecule has 8 rings (SSSR count). The molecular formula is C40H49N5O6S. The van der Waals surface area contributed by atoms with E-state index in [9.17, 15) is 18.0 Å². The van der Waals surface area contributed by atoms with Crippen LogP contribution in [0.15, 0.2) is 36.4 Å². The van der Waals surface area contributed by atoms with Gasteiger partial charge in [0.05, 0.1) is 54.1 Å². The first-order valence-electron chi connectivity index (χ1n) is 18.8. The molecule has 3 aromatic rings. The maximum absolute atomic E-state index is 14.5. The number of carbonyl (C=O) groups excluding carboxylic acids is 2. The summed E-state index contributed by atoms with van der Waals surface area (Å²) in [6.45, 7) is 9.27. The number of hydrogen-bond donors (Lipinski definition) is 1. The molecule has 5 heterocycles. The van der Waals surface area contributed by atoms with Crippen LogP contribution < -0.4 is 14.4 Å². The van der Waals surface area contributed by atoms with Gasteiger partial charge in [-0.15, -0.1) is 0 Å². The van der Waals surface area contributed by atoms with Crippen molar-refractivity contribution in [3.8, 4) is 5.75 Å². The second-order valence-corrected chi connectivity index (χ2v) is 17.6. The van der Waals surface area contributed by atoms with E-state index in [0.717, 1.165) is 53.1 Å². The average Bonchev–Trinajstić information content (AvgIpc) is 3.90. The van der Waals surface area contributed by atoms with Crippen molar-refractivity contribution in [2.24, 2.45) is 5.92 Å². The number of nitrogens with one attached hydrogen (secondary N) is 1. The van der Waals surface area contributed by atoms with E-state index in [0.29, 0.717) is 49.0 Å². The molecule has 3 fully saturated rings. The number of benzene rings is 2. The van der Waals surface area contributed by atoms with Crippen LogP contribution in [0.1, 0.15) is 120 Å². The molecule has 2 aromatic carbocycles. The van der Waals surface area contributed by atoms with Crippen molar-refractivity contribution in [1.82, 2.24) is 19.4 Å². The number of hydrogen-bond acceptors (Lipinski definition) is 8. The Labute approximate surface area is 306 Å². The number of aryl methyl sites for hydroxylation is 2. The second kappa shape index (κ2) is 13.4. The maximum atomic E-state index is 14.5. The van der Waals surface area contributed by atoms with Crippen LogP contribution in [0.2, 0.25) is 0 Å². The van der Waals surface area contributed by atoms with Crippen LogP contribution in [0.25, 0.3) is 11.6 Å². The summed E-state index contributed by atoms with van der Waals surface area (Å²) in [5, 5.41) is 4.18. The van der Waals surface area contributed by atoms with E-state index in [4.69, 9.17) is 14.6 Å². The standard InChI is InChI=1S/C40H49N5O6S/c1-6-45-37(35(24(4)41-45)40(47)43-21-31-19-29(43)22-51-31)28-16-27-17-30(50-5)13-15-32(27)38-36(25-10-8-7-9-11-25)33-14-12-26(18-34(33)44(38)20-28)39(46)42-52(48,49)23(2)3/h12-18,23,25,29,31,36,38H,6-11,19-22H2,1-5H3,(H,42,46). The lowest BCUT2D eigenvalue weighted by atomic mass is 9.73. The summed E-state index contributed by atoms with van der Waals surface area (Å²) in [6, 6.07) is 12.0. The first kappa shape index (κ1) is 34.9. The van der Waals surface area contributed by atoms with Gasteiger partial charge in [0.1, 0.15) is 5.75 Å². The molecule has 1 N–H and O–H groups in total. The minimum atomic E-state index is -3.82. The van der Waals surface area contributed by atoms with Gasteiger partial charge in [0, 0.05) is 36.8 Å². The highest BCUT2D eigenvalue weighted by molar-refractivity contribution is 7.90. The van der Waals surface area contributed by atoms with Crippen LogP contribution in [0.4, 0.5) is 5.69 Å². The molecule has 4 atom stereocenters. The monoisotopic (exact) mass is 727 g/mol. The van der Waals surface area contributed by atoms with Gasteiger partial charge in [-0.1, -0.05) is 31.4 Å². The number of anilines is 1. The number of morpholine rings is 1. The fourth-order valence-corrected chi connectivity index (χ4v) is 10.0. The largest absolute Gasteiger partial charge is 0.497 e. The van der Waals surface area contributed by atoms with Gasteiger partial charge < -0.3 is 19.3 Å². The SMILES string of the molecule is CCn1nc(C)c(C(=O)N2CC3CC2CO3)c1C1=Cc2cc(OC)ccc2C2C(C3CCCCC3)c3ccc(C(=O)NS(=O)(=O)C(C)C)cc3N2C1. The van der Waals surface area contributed by atoms with Gasteiger partial charge in [-0.3, -0.25) is 14.3 Å². The first-order valence-corrected chi connectivity index (χ1v) is 20.4. The number of aromatic nitrogens is 2. The second-order valence-electron chi connectivity index (χ2n) is 15.4. The van der Waals surface area contributed by atoms with Crippen LogP contribution in [0.5, 0.6) is 5.75 Å². The molecule has 2 bridgehead atoms. The molecule has 12 heteroatoms. The van der Waals surface area contributed by atoms with Crippen LogP contribution >= 0.6 is 0 Å². The van der Waals surface area contributed by atoms with Crippen molar-refractivity contribution >= 4 is 39.2 Å². The molecule has 4 aliphatic heterocycles. The highest BCUT2D eigenvalue weighted by Gasteiger charge is 2.47. The molecule has 2 saturated heterocycles. The topological polar surface area (TPSA) is 123 Å². The van der Waals surface area contributed by atoms with E-state index in [-0.39, 0.29) is 30.0 Å². The molecule has 11 nitrogen and oxygen atoms in total. The Morgan fingerprint density at radius 2 is 1.85 bits per heavy atom. The Morgan fingerprint density at radius 3 is 2.52 bits per heavy atom. The van der Waals surface area contributed by atoms with Gasteiger partial charge in [0.15, 0.2) is 0 Å². The molecule has 276 valence electrons. The van der Waals surface area contributed by atoms with E-state index < -0.39 is 21.2 Å². The molecule has 1 aliphatic carbocycles. The molecule has 0 radical (unpaired) electrons. The van der Waals surface area contributed by atoms with Gasteiger partial charge in [-0.25, -0.2) is 13.1 Å². The van der Waals surface area contributed by atoms with Crippen molar-refractivity contribution < 1.29 is 27.5 Å². The molecule has 5 aliphatic rings. The normalized spacial score (nSPS) is 24.0. The summed E-state index contributed by atoms with van der Waals surface area (Å²) in [5.74, 6) is 0.700. The number of sulfonamides is 1. The summed E-state index contributed by atoms with van der Waals surface area (Å²) in [6.07, 6.45) is 8.98. The first-order chi connectivity index (χ1) is 25.0. The number of ether oxygens (including phenoxy) is 2. The number of nitrogens with zero attached hydrogens (tertiary/aromatic N) is 4. The molecule has 52 heavy (non-hydrogen) atoms. The van der Waals surface area contributed by atoms with Crippen molar-refractivity contribution in [3.63, 3.8) is 0 Å². The summed E-state index contributed by atoms with van der Waals surface area (Å²) < 4.78 is 41.3. The lowest BCUT2D eigenvalue weighted by molar-refractivity contribution is 0.0258. The molecule has 1 aromatic heterocycles. The zero-order valence-electron chi connectivity index (χ0n) is 30.7. The molecule has 2 amide bonds. The van der Waals surface area contributed by atoms with Gasteiger partial charge in [-0.05, 0) is 105 Å². The molecule has 0 spiro atoms. The lowest BCUT2D eigenvalue weighted by Crippen LogP contribution is -2.42. The third-order valence-electron chi connectivity index (χ3n) is 12.0. The third-order valence-corrected chi connectivity index (χ3v) is 13.8. The minimum absolute atomic E-state index is 0.0113. The fourth-order valence-electron chi connectivity index (χ4n) is 9.40. The van der Waals surface area contributed by atoms with Gasteiger partial charge >= 0.3 is 0 Å². The fraction of sp³-hybridized carbons (Fsp3) is 0.525. The van der Waals surface area contributed by atoms with Crippen molar-refractivity contribution in [3.05, 3.63) is 75.6 Å². The van der Waals surface area contributed by atoms with Gasteiger partial charge in [0.25, 0.3) is 11.8 Å². The van der Waals surface area contributed by atoms with E-state index in [1.807, 2.05) is 41.6 Å². The number of likely N-dealkylation sites (tertiary alicyclic amines) is 1. The van der Waals surface area contributed by atoms with Crippen LogP contribution in [-0.2, 0) is 21.3 Å². The predicted molar refractivity (Wildman–Crippen MR) is 200 cm³/mol. The molecule has 4 unspecified atom stereocenters. The summed E-state index contributed by atoms with van der Waals surface area (Å²) >= 11 is 0. The quantitative estimate of drug-likeness (QED) is 0.296. The van der Waals surface area contributed by atoms with Gasteiger partial charge in [-0.2, -0.15) is 5.10 Å². The summed E-state index contributed by atoms with van der Waals surface area (Å²) in [4.78, 5) is 32.4. The summed E-state index contributed by atoms with van der Waals surface area (Å²) in [7, 11) is -2.15. The highest BCUT2D eigenvalue weighted by Crippen LogP contribution is 2.57. The predicted octanol–water partition coefficient (Wildman–Crippen LogP) is 6.08. The van der Waals surface area contributed by atoms with Crippen LogP contribution in [0.3, 0.4) is 0 Å². The minimum Gasteiger partial charge on any atom is -0.497 e. The van der Waals surface area contributed by atoms with Crippen molar-refractivity contribution in [2.45, 2.75) is 102 Å². The maximum Gasteiger partial charge on any atom is 0.264 e. The Morgan fingerprint density at radius 1 is 1.08 bits per heavy atom. The van der Waals surface area contributed by atoms with E-state index in [2.05, 4.69) is 27.8 Å². The number of fused-ring (bicyclic) bond motifs is 7. The smallest absolute Gasteiger partial charge is 0.264 e. The van der Waals surface area contributed by atoms with E-state index >= 15 is 0 Å². The number of methoxy groups -OCH3 is 1. The van der Waals surface area contributed by atoms with E-state index in [1.54, 1.807) is 27.0 Å². The number of carbonyl (C=O) groups is 2. The average molecular weight is 728 g/mol. The third kappa shape index (κ3) is 5.82. The molecular weight excluding hydrogens is 679 g/mol. The number of amides is 2. The van der Waals surface area contributed by atoms with E-state index in [1.165, 1.54) is 24.8 Å². The van der Waals surface area contributed by atoms with Crippen LogP contribution in [0, 0.1) is 12.8 Å². The van der Waals surface area contributed by atoms with Crippen LogP contribution in [-0.4, -0.2) is 79.1 Å². The lowest BCUT2D eigenvalue weighted by Gasteiger charge is -2.36. The molecule has 1 saturated carbocycles. The number of rotatable bonds is 8. The zero-order valence-corrected chi connectivity index (χ0v) is 31.5. The zero-order chi connectivity index (χ0) is 36.5. The Hall–Kier alpha value is -4.16. The Balaban J connectivity index is 1.29. The highest BCUT2D eigenvalue weighted by atomic mass is 32.2. The Bertz CT molecular complexity index is 2070. The van der Waals surface area contributed by atoms with Gasteiger partial charge in [0.2, 0.25) is 10.0 Å². The Kier molecular flexibility index (Phi) is 8.97. The van der Waals surface area contributed by atoms with Crippen molar-refractivity contribution in [2.75, 3.05) is 31.7 Å². The summed E-state index contributed by atoms with van der Waals surface area (Å²) in [5.41, 5.74) is 7.68. The van der Waals surface area contributed by atoms with Crippen molar-refractivity contribution in [1.29, 1.82) is 0 Å².